The zero-order valence-corrected chi connectivity index (χ0v) is 11.2. The van der Waals surface area contributed by atoms with E-state index in [4.69, 9.17) is 0 Å². The van der Waals surface area contributed by atoms with Gasteiger partial charge in [0, 0.05) is 32.2 Å². The number of carbonyl (C=O) groups excluding carboxylic acids is 1. The van der Waals surface area contributed by atoms with Gasteiger partial charge >= 0.3 is 0 Å². The lowest BCUT2D eigenvalue weighted by atomic mass is 10.0. The molecule has 3 nitrogen and oxygen atoms in total. The number of hydrogen-bond donors (Lipinski definition) is 0. The van der Waals surface area contributed by atoms with Crippen LogP contribution in [0.25, 0.3) is 0 Å². The SMILES string of the molecule is CC(C(=O)c1ccc(F)cc1F)N1CCN(C)CC1. The third-order valence-electron chi connectivity index (χ3n) is 3.66. The lowest BCUT2D eigenvalue weighted by Gasteiger charge is -2.35. The number of ketones is 1. The summed E-state index contributed by atoms with van der Waals surface area (Å²) in [4.78, 5) is 16.5. The number of Topliss-reactive ketones (excluding diaryl/α,β-unsaturated/α-hetero) is 1. The summed E-state index contributed by atoms with van der Waals surface area (Å²) in [5.41, 5.74) is -0.0344. The van der Waals surface area contributed by atoms with Gasteiger partial charge in [0.2, 0.25) is 0 Å². The molecule has 1 fully saturated rings. The van der Waals surface area contributed by atoms with E-state index in [0.29, 0.717) is 0 Å². The summed E-state index contributed by atoms with van der Waals surface area (Å²) in [5, 5.41) is 0. The average molecular weight is 268 g/mol. The minimum Gasteiger partial charge on any atom is -0.304 e. The van der Waals surface area contributed by atoms with Crippen LogP contribution in [0.15, 0.2) is 18.2 Å². The molecule has 1 atom stereocenters. The number of benzene rings is 1. The van der Waals surface area contributed by atoms with E-state index in [-0.39, 0.29) is 17.4 Å². The lowest BCUT2D eigenvalue weighted by molar-refractivity contribution is 0.0734. The summed E-state index contributed by atoms with van der Waals surface area (Å²) in [6.45, 7) is 5.13. The first kappa shape index (κ1) is 14.1. The molecular weight excluding hydrogens is 250 g/mol. The quantitative estimate of drug-likeness (QED) is 0.781. The standard InChI is InChI=1S/C14H18F2N2O/c1-10(18-7-5-17(2)6-8-18)14(19)12-4-3-11(15)9-13(12)16/h3-4,9-10H,5-8H2,1-2H3. The van der Waals surface area contributed by atoms with Gasteiger partial charge in [-0.15, -0.1) is 0 Å². The molecule has 0 N–H and O–H groups in total. The Morgan fingerprint density at radius 3 is 2.42 bits per heavy atom. The fraction of sp³-hybridized carbons (Fsp3) is 0.500. The van der Waals surface area contributed by atoms with Crippen molar-refractivity contribution in [3.63, 3.8) is 0 Å². The van der Waals surface area contributed by atoms with Gasteiger partial charge in [-0.1, -0.05) is 0 Å². The van der Waals surface area contributed by atoms with Crippen LogP contribution in [0.5, 0.6) is 0 Å². The normalized spacial score (nSPS) is 19.4. The first-order valence-corrected chi connectivity index (χ1v) is 6.41. The second-order valence-corrected chi connectivity index (χ2v) is 5.00. The Morgan fingerprint density at radius 2 is 1.84 bits per heavy atom. The zero-order chi connectivity index (χ0) is 14.0. The zero-order valence-electron chi connectivity index (χ0n) is 11.2. The summed E-state index contributed by atoms with van der Waals surface area (Å²) in [6, 6.07) is 2.71. The van der Waals surface area contributed by atoms with E-state index in [1.165, 1.54) is 6.07 Å². The van der Waals surface area contributed by atoms with E-state index in [9.17, 15) is 13.6 Å². The molecule has 2 rings (SSSR count). The molecule has 19 heavy (non-hydrogen) atoms. The number of rotatable bonds is 3. The smallest absolute Gasteiger partial charge is 0.182 e. The Hall–Kier alpha value is -1.33. The van der Waals surface area contributed by atoms with Crippen LogP contribution in [0.4, 0.5) is 8.78 Å². The monoisotopic (exact) mass is 268 g/mol. The molecule has 1 saturated heterocycles. The predicted molar refractivity (Wildman–Crippen MR) is 69.2 cm³/mol. The van der Waals surface area contributed by atoms with Gasteiger partial charge in [-0.2, -0.15) is 0 Å². The van der Waals surface area contributed by atoms with Crippen molar-refractivity contribution < 1.29 is 13.6 Å². The Kier molecular flexibility index (Phi) is 4.27. The van der Waals surface area contributed by atoms with Crippen molar-refractivity contribution in [2.24, 2.45) is 0 Å². The third-order valence-corrected chi connectivity index (χ3v) is 3.66. The number of carbonyl (C=O) groups is 1. The minimum absolute atomic E-state index is 0.0344. The minimum atomic E-state index is -0.786. The van der Waals surface area contributed by atoms with Crippen molar-refractivity contribution in [3.8, 4) is 0 Å². The van der Waals surface area contributed by atoms with Crippen LogP contribution in [0, 0.1) is 11.6 Å². The van der Waals surface area contributed by atoms with Gasteiger partial charge in [0.1, 0.15) is 11.6 Å². The molecule has 5 heteroatoms. The van der Waals surface area contributed by atoms with E-state index in [2.05, 4.69) is 4.90 Å². The molecule has 0 bridgehead atoms. The predicted octanol–water partition coefficient (Wildman–Crippen LogP) is 1.78. The summed E-state index contributed by atoms with van der Waals surface area (Å²) in [6.07, 6.45) is 0. The first-order valence-electron chi connectivity index (χ1n) is 6.41. The van der Waals surface area contributed by atoms with Gasteiger partial charge in [0.25, 0.3) is 0 Å². The molecule has 1 aromatic rings. The number of halogens is 2. The topological polar surface area (TPSA) is 23.6 Å². The van der Waals surface area contributed by atoms with E-state index in [1.807, 2.05) is 11.9 Å². The summed E-state index contributed by atoms with van der Waals surface area (Å²) in [5.74, 6) is -1.74. The van der Waals surface area contributed by atoms with Crippen LogP contribution < -0.4 is 0 Å². The van der Waals surface area contributed by atoms with Crippen LogP contribution in [-0.4, -0.2) is 54.9 Å². The van der Waals surface area contributed by atoms with Crippen LogP contribution in [0.3, 0.4) is 0 Å². The fourth-order valence-corrected chi connectivity index (χ4v) is 2.29. The van der Waals surface area contributed by atoms with Gasteiger partial charge in [0.05, 0.1) is 11.6 Å². The molecule has 0 spiro atoms. The second-order valence-electron chi connectivity index (χ2n) is 5.00. The molecule has 0 aromatic heterocycles. The Morgan fingerprint density at radius 1 is 1.21 bits per heavy atom. The second kappa shape index (κ2) is 5.75. The van der Waals surface area contributed by atoms with Crippen molar-refractivity contribution >= 4 is 5.78 Å². The molecule has 1 aliphatic rings. The number of nitrogens with zero attached hydrogens (tertiary/aromatic N) is 2. The molecule has 0 amide bonds. The van der Waals surface area contributed by atoms with E-state index in [0.717, 1.165) is 38.3 Å². The highest BCUT2D eigenvalue weighted by molar-refractivity contribution is 6.00. The van der Waals surface area contributed by atoms with Crippen molar-refractivity contribution in [1.82, 2.24) is 9.80 Å². The van der Waals surface area contributed by atoms with Gasteiger partial charge in [-0.05, 0) is 26.1 Å². The number of piperazine rings is 1. The molecule has 1 heterocycles. The molecule has 0 saturated carbocycles. The van der Waals surface area contributed by atoms with E-state index >= 15 is 0 Å². The summed E-state index contributed by atoms with van der Waals surface area (Å²) < 4.78 is 26.4. The van der Waals surface area contributed by atoms with Crippen molar-refractivity contribution in [2.75, 3.05) is 33.2 Å². The highest BCUT2D eigenvalue weighted by atomic mass is 19.1. The summed E-state index contributed by atoms with van der Waals surface area (Å²) in [7, 11) is 2.03. The van der Waals surface area contributed by atoms with Gasteiger partial charge < -0.3 is 4.90 Å². The van der Waals surface area contributed by atoms with Gasteiger partial charge in [0.15, 0.2) is 5.78 Å². The first-order chi connectivity index (χ1) is 8.99. The van der Waals surface area contributed by atoms with Crippen LogP contribution in [0.1, 0.15) is 17.3 Å². The Balaban J connectivity index is 2.10. The largest absolute Gasteiger partial charge is 0.304 e. The van der Waals surface area contributed by atoms with Gasteiger partial charge in [-0.25, -0.2) is 8.78 Å². The van der Waals surface area contributed by atoms with Gasteiger partial charge in [-0.3, -0.25) is 9.69 Å². The maximum Gasteiger partial charge on any atom is 0.182 e. The molecular formula is C14H18F2N2O. The van der Waals surface area contributed by atoms with E-state index < -0.39 is 11.6 Å². The molecule has 1 aromatic carbocycles. The molecule has 104 valence electrons. The van der Waals surface area contributed by atoms with Crippen molar-refractivity contribution in [1.29, 1.82) is 0 Å². The highest BCUT2D eigenvalue weighted by Crippen LogP contribution is 2.15. The summed E-state index contributed by atoms with van der Waals surface area (Å²) >= 11 is 0. The third kappa shape index (κ3) is 3.16. The maximum absolute atomic E-state index is 13.6. The van der Waals surface area contributed by atoms with Crippen molar-refractivity contribution in [2.45, 2.75) is 13.0 Å². The lowest BCUT2D eigenvalue weighted by Crippen LogP contribution is -2.50. The number of hydrogen-bond acceptors (Lipinski definition) is 3. The average Bonchev–Trinajstić information content (AvgIpc) is 2.38. The van der Waals surface area contributed by atoms with Crippen LogP contribution in [-0.2, 0) is 0 Å². The van der Waals surface area contributed by atoms with Crippen molar-refractivity contribution in [3.05, 3.63) is 35.4 Å². The Labute approximate surface area is 111 Å². The molecule has 1 unspecified atom stereocenters. The maximum atomic E-state index is 13.6. The molecule has 1 aliphatic heterocycles. The molecule has 0 aliphatic carbocycles. The number of likely N-dealkylation sites (N-methyl/N-ethyl adjacent to an activating group) is 1. The fourth-order valence-electron chi connectivity index (χ4n) is 2.29. The highest BCUT2D eigenvalue weighted by Gasteiger charge is 2.26. The molecule has 0 radical (unpaired) electrons. The van der Waals surface area contributed by atoms with Crippen LogP contribution in [0.2, 0.25) is 0 Å². The van der Waals surface area contributed by atoms with Crippen LogP contribution >= 0.6 is 0 Å². The van der Waals surface area contributed by atoms with E-state index in [1.54, 1.807) is 6.92 Å². The Bertz CT molecular complexity index is 471.